The number of benzene rings is 1. The highest BCUT2D eigenvalue weighted by Crippen LogP contribution is 2.32. The van der Waals surface area contributed by atoms with Gasteiger partial charge in [-0.25, -0.2) is 0 Å². The van der Waals surface area contributed by atoms with Gasteiger partial charge in [-0.3, -0.25) is 9.59 Å². The van der Waals surface area contributed by atoms with Crippen LogP contribution in [0.4, 0.5) is 5.69 Å². The van der Waals surface area contributed by atoms with Gasteiger partial charge in [0.25, 0.3) is 0 Å². The molecule has 0 unspecified atom stereocenters. The van der Waals surface area contributed by atoms with E-state index in [1.54, 1.807) is 19.2 Å². The van der Waals surface area contributed by atoms with E-state index in [0.29, 0.717) is 16.3 Å². The molecule has 1 aromatic carbocycles. The molecule has 2 N–H and O–H groups in total. The predicted molar refractivity (Wildman–Crippen MR) is 80.3 cm³/mol. The first-order valence-corrected chi connectivity index (χ1v) is 7.20. The number of hydrogen-bond donors (Lipinski definition) is 2. The lowest BCUT2D eigenvalue weighted by molar-refractivity contribution is -0.124. The lowest BCUT2D eigenvalue weighted by atomic mass is 10.0. The Morgan fingerprint density at radius 3 is 2.70 bits per heavy atom. The summed E-state index contributed by atoms with van der Waals surface area (Å²) in [5.74, 6) is -0.0854. The average molecular weight is 295 g/mol. The molecule has 108 valence electrons. The summed E-state index contributed by atoms with van der Waals surface area (Å²) in [4.78, 5) is 23.6. The zero-order chi connectivity index (χ0) is 14.7. The Labute approximate surface area is 123 Å². The van der Waals surface area contributed by atoms with Gasteiger partial charge in [-0.2, -0.15) is 0 Å². The number of ketones is 1. The Kier molecular flexibility index (Phi) is 4.65. The highest BCUT2D eigenvalue weighted by Gasteiger charge is 2.32. The summed E-state index contributed by atoms with van der Waals surface area (Å²) >= 11 is 6.10. The van der Waals surface area contributed by atoms with Crippen molar-refractivity contribution in [2.24, 2.45) is 5.92 Å². The van der Waals surface area contributed by atoms with E-state index in [1.807, 2.05) is 6.07 Å². The van der Waals surface area contributed by atoms with E-state index < -0.39 is 0 Å². The van der Waals surface area contributed by atoms with Crippen molar-refractivity contribution in [1.29, 1.82) is 0 Å². The predicted octanol–water partition coefficient (Wildman–Crippen LogP) is 2.87. The fourth-order valence-corrected chi connectivity index (χ4v) is 3.14. The van der Waals surface area contributed by atoms with Crippen LogP contribution in [0.15, 0.2) is 18.2 Å². The molecule has 1 aliphatic rings. The molecule has 2 atom stereocenters. The first kappa shape index (κ1) is 14.9. The van der Waals surface area contributed by atoms with Gasteiger partial charge in [0.2, 0.25) is 5.91 Å². The molecule has 5 heteroatoms. The second kappa shape index (κ2) is 6.27. The molecule has 0 aliphatic heterocycles. The molecule has 0 bridgehead atoms. The number of rotatable bonds is 4. The molecule has 1 aliphatic carbocycles. The SMILES string of the molecule is CNC(=O)[C@H]1CCC[C@H]1Nc1cccc(Cl)c1C(C)=O. The van der Waals surface area contributed by atoms with Gasteiger partial charge in [0.1, 0.15) is 0 Å². The van der Waals surface area contributed by atoms with E-state index in [9.17, 15) is 9.59 Å². The third-order valence-electron chi connectivity index (χ3n) is 3.81. The molecule has 4 nitrogen and oxygen atoms in total. The summed E-state index contributed by atoms with van der Waals surface area (Å²) in [5, 5.41) is 6.47. The minimum Gasteiger partial charge on any atom is -0.381 e. The fourth-order valence-electron chi connectivity index (χ4n) is 2.83. The molecular formula is C15H19ClN2O2. The maximum Gasteiger partial charge on any atom is 0.224 e. The van der Waals surface area contributed by atoms with Crippen LogP contribution in [0.25, 0.3) is 0 Å². The van der Waals surface area contributed by atoms with Gasteiger partial charge >= 0.3 is 0 Å². The van der Waals surface area contributed by atoms with Gasteiger partial charge in [-0.1, -0.05) is 24.1 Å². The summed E-state index contributed by atoms with van der Waals surface area (Å²) in [5.41, 5.74) is 1.21. The third kappa shape index (κ3) is 2.96. The molecule has 1 amide bonds. The van der Waals surface area contributed by atoms with Crippen molar-refractivity contribution >= 4 is 29.0 Å². The number of halogens is 1. The Morgan fingerprint density at radius 1 is 1.30 bits per heavy atom. The molecule has 0 radical (unpaired) electrons. The third-order valence-corrected chi connectivity index (χ3v) is 4.12. The van der Waals surface area contributed by atoms with Crippen LogP contribution in [-0.2, 0) is 4.79 Å². The maximum absolute atomic E-state index is 11.9. The number of anilines is 1. The Hall–Kier alpha value is -1.55. The molecule has 0 saturated heterocycles. The normalized spacial score (nSPS) is 21.6. The van der Waals surface area contributed by atoms with E-state index in [-0.39, 0.29) is 23.7 Å². The van der Waals surface area contributed by atoms with Crippen LogP contribution in [0.5, 0.6) is 0 Å². The summed E-state index contributed by atoms with van der Waals surface area (Å²) < 4.78 is 0. The van der Waals surface area contributed by atoms with E-state index in [1.165, 1.54) is 6.92 Å². The Bertz CT molecular complexity index is 531. The largest absolute Gasteiger partial charge is 0.381 e. The molecule has 2 rings (SSSR count). The quantitative estimate of drug-likeness (QED) is 0.840. The standard InChI is InChI=1S/C15H19ClN2O2/c1-9(19)14-11(16)6-4-8-13(14)18-12-7-3-5-10(12)15(20)17-2/h4,6,8,10,12,18H,3,5,7H2,1-2H3,(H,17,20)/t10-,12+/m0/s1. The summed E-state index contributed by atoms with van der Waals surface area (Å²) in [7, 11) is 1.65. The fraction of sp³-hybridized carbons (Fsp3) is 0.467. The number of nitrogens with one attached hydrogen (secondary N) is 2. The Morgan fingerprint density at radius 2 is 2.05 bits per heavy atom. The number of carbonyl (C=O) groups is 2. The van der Waals surface area contributed by atoms with Crippen molar-refractivity contribution in [1.82, 2.24) is 5.32 Å². The number of carbonyl (C=O) groups excluding carboxylic acids is 2. The minimum atomic E-state index is -0.0763. The summed E-state index contributed by atoms with van der Waals surface area (Å²) in [6.07, 6.45) is 2.79. The lowest BCUT2D eigenvalue weighted by Gasteiger charge is -2.22. The van der Waals surface area contributed by atoms with Crippen LogP contribution in [0.2, 0.25) is 5.02 Å². The zero-order valence-electron chi connectivity index (χ0n) is 11.7. The van der Waals surface area contributed by atoms with E-state index in [0.717, 1.165) is 19.3 Å². The van der Waals surface area contributed by atoms with E-state index in [4.69, 9.17) is 11.6 Å². The van der Waals surface area contributed by atoms with Crippen molar-refractivity contribution in [3.8, 4) is 0 Å². The molecular weight excluding hydrogens is 276 g/mol. The van der Waals surface area contributed by atoms with Crippen LogP contribution < -0.4 is 10.6 Å². The van der Waals surface area contributed by atoms with Crippen LogP contribution in [0.1, 0.15) is 36.5 Å². The number of amides is 1. The van der Waals surface area contributed by atoms with Gasteiger partial charge in [-0.15, -0.1) is 0 Å². The molecule has 1 saturated carbocycles. The van der Waals surface area contributed by atoms with Crippen molar-refractivity contribution in [3.05, 3.63) is 28.8 Å². The van der Waals surface area contributed by atoms with Crippen LogP contribution >= 0.6 is 11.6 Å². The topological polar surface area (TPSA) is 58.2 Å². The average Bonchev–Trinajstić information content (AvgIpc) is 2.85. The molecule has 0 spiro atoms. The first-order chi connectivity index (χ1) is 9.54. The van der Waals surface area contributed by atoms with Gasteiger partial charge in [0.15, 0.2) is 5.78 Å². The Balaban J connectivity index is 2.24. The molecule has 0 heterocycles. The van der Waals surface area contributed by atoms with Crippen LogP contribution in [-0.4, -0.2) is 24.8 Å². The van der Waals surface area contributed by atoms with Crippen molar-refractivity contribution in [3.63, 3.8) is 0 Å². The van der Waals surface area contributed by atoms with Crippen LogP contribution in [0.3, 0.4) is 0 Å². The summed E-state index contributed by atoms with van der Waals surface area (Å²) in [6, 6.07) is 5.39. The smallest absolute Gasteiger partial charge is 0.224 e. The highest BCUT2D eigenvalue weighted by atomic mass is 35.5. The number of Topliss-reactive ketones (excluding diaryl/α,β-unsaturated/α-hetero) is 1. The number of hydrogen-bond acceptors (Lipinski definition) is 3. The lowest BCUT2D eigenvalue weighted by Crippen LogP contribution is -2.36. The van der Waals surface area contributed by atoms with Crippen molar-refractivity contribution < 1.29 is 9.59 Å². The van der Waals surface area contributed by atoms with Gasteiger partial charge < -0.3 is 10.6 Å². The molecule has 1 fully saturated rings. The van der Waals surface area contributed by atoms with Crippen molar-refractivity contribution in [2.45, 2.75) is 32.2 Å². The second-order valence-electron chi connectivity index (χ2n) is 5.12. The van der Waals surface area contributed by atoms with E-state index >= 15 is 0 Å². The van der Waals surface area contributed by atoms with Gasteiger partial charge in [0, 0.05) is 18.8 Å². The zero-order valence-corrected chi connectivity index (χ0v) is 12.5. The minimum absolute atomic E-state index is 0.0476. The molecule has 20 heavy (non-hydrogen) atoms. The van der Waals surface area contributed by atoms with Crippen LogP contribution in [0, 0.1) is 5.92 Å². The highest BCUT2D eigenvalue weighted by molar-refractivity contribution is 6.34. The van der Waals surface area contributed by atoms with Crippen molar-refractivity contribution in [2.75, 3.05) is 12.4 Å². The van der Waals surface area contributed by atoms with E-state index in [2.05, 4.69) is 10.6 Å². The monoisotopic (exact) mass is 294 g/mol. The van der Waals surface area contributed by atoms with Gasteiger partial charge in [-0.05, 0) is 31.9 Å². The molecule has 1 aromatic rings. The first-order valence-electron chi connectivity index (χ1n) is 6.82. The van der Waals surface area contributed by atoms with Gasteiger partial charge in [0.05, 0.1) is 16.5 Å². The molecule has 0 aromatic heterocycles. The maximum atomic E-state index is 11.9. The summed E-state index contributed by atoms with van der Waals surface area (Å²) in [6.45, 7) is 1.50. The second-order valence-corrected chi connectivity index (χ2v) is 5.53.